The van der Waals surface area contributed by atoms with Crippen LogP contribution in [0.15, 0.2) is 5.16 Å². The molecule has 0 aromatic carbocycles. The van der Waals surface area contributed by atoms with E-state index in [1.54, 1.807) is 0 Å². The number of nitrogens with zero attached hydrogens (tertiary/aromatic N) is 1. The molecule has 0 fully saturated rings. The van der Waals surface area contributed by atoms with Gasteiger partial charge in [0.15, 0.2) is 6.10 Å². The average Bonchev–Trinajstić information content (AvgIpc) is 2.63. The minimum Gasteiger partial charge on any atom is -0.462 e. The van der Waals surface area contributed by atoms with Gasteiger partial charge >= 0.3 is 5.97 Å². The van der Waals surface area contributed by atoms with E-state index >= 15 is 0 Å². The molecule has 1 aliphatic rings. The molecule has 1 unspecified atom stereocenters. The summed E-state index contributed by atoms with van der Waals surface area (Å²) in [5.41, 5.74) is 0.599. The van der Waals surface area contributed by atoms with Crippen molar-refractivity contribution in [3.05, 3.63) is 0 Å². The third kappa shape index (κ3) is 3.33. The molecule has 80 valence electrons. The molecular formula is C9H15NO4. The first-order valence-electron chi connectivity index (χ1n) is 4.74. The molecule has 1 heterocycles. The van der Waals surface area contributed by atoms with Crippen molar-refractivity contribution in [3.63, 3.8) is 0 Å². The van der Waals surface area contributed by atoms with Gasteiger partial charge in [0.1, 0.15) is 6.61 Å². The molecule has 1 atom stereocenters. The molecule has 0 aromatic heterocycles. The van der Waals surface area contributed by atoms with Crippen LogP contribution in [0.5, 0.6) is 0 Å². The van der Waals surface area contributed by atoms with Crippen molar-refractivity contribution in [3.8, 4) is 0 Å². The molecule has 1 aliphatic heterocycles. The maximum atomic E-state index is 11.0. The summed E-state index contributed by atoms with van der Waals surface area (Å²) in [6, 6.07) is 0. The van der Waals surface area contributed by atoms with Crippen molar-refractivity contribution in [2.45, 2.75) is 32.3 Å². The molecule has 1 rings (SSSR count). The van der Waals surface area contributed by atoms with Gasteiger partial charge in [-0.15, -0.1) is 0 Å². The van der Waals surface area contributed by atoms with E-state index in [0.717, 1.165) is 6.42 Å². The Morgan fingerprint density at radius 1 is 1.79 bits per heavy atom. The molecule has 14 heavy (non-hydrogen) atoms. The monoisotopic (exact) mass is 201 g/mol. The number of aliphatic hydroxyl groups excluding tert-OH is 1. The van der Waals surface area contributed by atoms with Gasteiger partial charge in [-0.05, 0) is 6.42 Å². The van der Waals surface area contributed by atoms with E-state index in [1.807, 2.05) is 6.92 Å². The van der Waals surface area contributed by atoms with Crippen LogP contribution in [0.4, 0.5) is 0 Å². The van der Waals surface area contributed by atoms with Crippen molar-refractivity contribution in [2.75, 3.05) is 13.2 Å². The quantitative estimate of drug-likeness (QED) is 0.656. The Morgan fingerprint density at radius 2 is 2.57 bits per heavy atom. The lowest BCUT2D eigenvalue weighted by molar-refractivity contribution is -0.147. The molecular weight excluding hydrogens is 186 g/mol. The van der Waals surface area contributed by atoms with Crippen LogP contribution < -0.4 is 0 Å². The second kappa shape index (κ2) is 5.59. The zero-order chi connectivity index (χ0) is 10.4. The minimum atomic E-state index is -0.224. The predicted octanol–water partition coefficient (Wildman–Crippen LogP) is 0.467. The molecule has 0 aliphatic carbocycles. The van der Waals surface area contributed by atoms with Gasteiger partial charge < -0.3 is 14.7 Å². The summed E-state index contributed by atoms with van der Waals surface area (Å²) in [7, 11) is 0. The first kappa shape index (κ1) is 11.0. The standard InChI is InChI=1S/C9H15NO4/c1-2-3-9(12)13-6-8-4-7(5-11)10-14-8/h8,11H,2-6H2,1H3. The van der Waals surface area contributed by atoms with Gasteiger partial charge in [-0.25, -0.2) is 0 Å². The molecule has 0 radical (unpaired) electrons. The molecule has 5 nitrogen and oxygen atoms in total. The SMILES string of the molecule is CCCC(=O)OCC1CC(CO)=NO1. The van der Waals surface area contributed by atoms with Crippen LogP contribution in [0.25, 0.3) is 0 Å². The van der Waals surface area contributed by atoms with Crippen LogP contribution in [0.1, 0.15) is 26.2 Å². The van der Waals surface area contributed by atoms with E-state index < -0.39 is 0 Å². The van der Waals surface area contributed by atoms with Crippen LogP contribution in [0.2, 0.25) is 0 Å². The molecule has 0 saturated heterocycles. The van der Waals surface area contributed by atoms with E-state index in [1.165, 1.54) is 0 Å². The highest BCUT2D eigenvalue weighted by molar-refractivity contribution is 5.86. The number of ether oxygens (including phenoxy) is 1. The summed E-state index contributed by atoms with van der Waals surface area (Å²) in [6.45, 7) is 2.03. The van der Waals surface area contributed by atoms with Crippen LogP contribution in [-0.4, -0.2) is 36.1 Å². The van der Waals surface area contributed by atoms with Crippen molar-refractivity contribution in [1.82, 2.24) is 0 Å². The number of hydrogen-bond acceptors (Lipinski definition) is 5. The molecule has 0 amide bonds. The second-order valence-electron chi connectivity index (χ2n) is 3.18. The highest BCUT2D eigenvalue weighted by Crippen LogP contribution is 2.10. The fraction of sp³-hybridized carbons (Fsp3) is 0.778. The van der Waals surface area contributed by atoms with E-state index in [-0.39, 0.29) is 25.3 Å². The van der Waals surface area contributed by atoms with Crippen molar-refractivity contribution < 1.29 is 19.5 Å². The maximum absolute atomic E-state index is 11.0. The fourth-order valence-corrected chi connectivity index (χ4v) is 1.13. The zero-order valence-electron chi connectivity index (χ0n) is 8.23. The zero-order valence-corrected chi connectivity index (χ0v) is 8.23. The number of esters is 1. The highest BCUT2D eigenvalue weighted by atomic mass is 16.7. The molecule has 0 aromatic rings. The van der Waals surface area contributed by atoms with Gasteiger partial charge in [0, 0.05) is 12.8 Å². The van der Waals surface area contributed by atoms with Crippen LogP contribution >= 0.6 is 0 Å². The first-order valence-corrected chi connectivity index (χ1v) is 4.74. The topological polar surface area (TPSA) is 68.1 Å². The largest absolute Gasteiger partial charge is 0.462 e. The van der Waals surface area contributed by atoms with Crippen LogP contribution in [0.3, 0.4) is 0 Å². The van der Waals surface area contributed by atoms with E-state index in [4.69, 9.17) is 14.7 Å². The van der Waals surface area contributed by atoms with Gasteiger partial charge in [-0.1, -0.05) is 12.1 Å². The molecule has 0 bridgehead atoms. The minimum absolute atomic E-state index is 0.0978. The third-order valence-corrected chi connectivity index (χ3v) is 1.86. The van der Waals surface area contributed by atoms with Crippen LogP contribution in [-0.2, 0) is 14.4 Å². The lowest BCUT2D eigenvalue weighted by Gasteiger charge is -2.08. The van der Waals surface area contributed by atoms with Crippen molar-refractivity contribution >= 4 is 11.7 Å². The normalized spacial score (nSPS) is 20.1. The Balaban J connectivity index is 2.13. The number of oxime groups is 1. The van der Waals surface area contributed by atoms with Crippen LogP contribution in [0, 0.1) is 0 Å². The number of carbonyl (C=O) groups is 1. The highest BCUT2D eigenvalue weighted by Gasteiger charge is 2.21. The van der Waals surface area contributed by atoms with E-state index in [9.17, 15) is 4.79 Å². The fourth-order valence-electron chi connectivity index (χ4n) is 1.13. The Kier molecular flexibility index (Phi) is 4.39. The number of carbonyl (C=O) groups excluding carboxylic acids is 1. The summed E-state index contributed by atoms with van der Waals surface area (Å²) in [4.78, 5) is 15.9. The average molecular weight is 201 g/mol. The Labute approximate surface area is 82.7 Å². The summed E-state index contributed by atoms with van der Waals surface area (Å²) in [5, 5.41) is 12.4. The number of rotatable bonds is 5. The second-order valence-corrected chi connectivity index (χ2v) is 3.18. The summed E-state index contributed by atoms with van der Waals surface area (Å²) in [6.07, 6.45) is 1.52. The molecule has 0 spiro atoms. The lowest BCUT2D eigenvalue weighted by Crippen LogP contribution is -2.19. The number of aliphatic hydroxyl groups is 1. The third-order valence-electron chi connectivity index (χ3n) is 1.86. The maximum Gasteiger partial charge on any atom is 0.305 e. The summed E-state index contributed by atoms with van der Waals surface area (Å²) >= 11 is 0. The Bertz CT molecular complexity index is 227. The summed E-state index contributed by atoms with van der Waals surface area (Å²) in [5.74, 6) is -0.214. The molecule has 1 N–H and O–H groups in total. The summed E-state index contributed by atoms with van der Waals surface area (Å²) < 4.78 is 4.94. The van der Waals surface area contributed by atoms with Gasteiger partial charge in [0.2, 0.25) is 0 Å². The van der Waals surface area contributed by atoms with E-state index in [2.05, 4.69) is 5.16 Å². The predicted molar refractivity (Wildman–Crippen MR) is 49.9 cm³/mol. The Morgan fingerprint density at radius 3 is 3.14 bits per heavy atom. The van der Waals surface area contributed by atoms with E-state index in [0.29, 0.717) is 18.6 Å². The van der Waals surface area contributed by atoms with Crippen molar-refractivity contribution in [2.24, 2.45) is 5.16 Å². The molecule has 0 saturated carbocycles. The lowest BCUT2D eigenvalue weighted by atomic mass is 10.2. The van der Waals surface area contributed by atoms with Gasteiger partial charge in [0.25, 0.3) is 0 Å². The number of hydrogen-bond donors (Lipinski definition) is 1. The Hall–Kier alpha value is -1.10. The van der Waals surface area contributed by atoms with Gasteiger partial charge in [0.05, 0.1) is 12.3 Å². The van der Waals surface area contributed by atoms with Gasteiger partial charge in [-0.3, -0.25) is 4.79 Å². The molecule has 5 heteroatoms. The smallest absolute Gasteiger partial charge is 0.305 e. The van der Waals surface area contributed by atoms with Gasteiger partial charge in [-0.2, -0.15) is 0 Å². The van der Waals surface area contributed by atoms with Crippen molar-refractivity contribution in [1.29, 1.82) is 0 Å². The first-order chi connectivity index (χ1) is 6.76.